The van der Waals surface area contributed by atoms with E-state index in [1.165, 1.54) is 5.56 Å². The van der Waals surface area contributed by atoms with Crippen molar-refractivity contribution in [2.75, 3.05) is 0 Å². The lowest BCUT2D eigenvalue weighted by Gasteiger charge is -2.37. The molecule has 3 nitrogen and oxygen atoms in total. The molecule has 0 unspecified atom stereocenters. The van der Waals surface area contributed by atoms with Crippen molar-refractivity contribution in [1.82, 2.24) is 5.01 Å². The fourth-order valence-electron chi connectivity index (χ4n) is 3.61. The average Bonchev–Trinajstić information content (AvgIpc) is 3.32. The molecule has 0 spiro atoms. The molecule has 0 aliphatic carbocycles. The number of ether oxygens (including phenoxy) is 1. The normalized spacial score (nSPS) is 21.0. The van der Waals surface area contributed by atoms with Crippen molar-refractivity contribution in [3.05, 3.63) is 86.6 Å². The fourth-order valence-corrected chi connectivity index (χ4v) is 4.46. The van der Waals surface area contributed by atoms with E-state index in [1.807, 2.05) is 18.2 Å². The molecular weight excluding hydrogens is 364 g/mol. The van der Waals surface area contributed by atoms with E-state index in [4.69, 9.17) is 21.4 Å². The van der Waals surface area contributed by atoms with Crippen LogP contribution in [-0.4, -0.2) is 10.7 Å². The number of thiophene rings is 1. The van der Waals surface area contributed by atoms with E-state index in [9.17, 15) is 0 Å². The van der Waals surface area contributed by atoms with Crippen LogP contribution in [0.4, 0.5) is 0 Å². The van der Waals surface area contributed by atoms with Crippen molar-refractivity contribution in [2.45, 2.75) is 25.6 Å². The Kier molecular flexibility index (Phi) is 3.76. The van der Waals surface area contributed by atoms with E-state index in [2.05, 4.69) is 53.0 Å². The number of hydrogen-bond acceptors (Lipinski definition) is 4. The maximum absolute atomic E-state index is 6.32. The Morgan fingerprint density at radius 2 is 2.00 bits per heavy atom. The van der Waals surface area contributed by atoms with Crippen LogP contribution in [0.2, 0.25) is 5.02 Å². The van der Waals surface area contributed by atoms with Crippen molar-refractivity contribution in [3.63, 3.8) is 0 Å². The number of hydrogen-bond donors (Lipinski definition) is 0. The average molecular weight is 381 g/mol. The summed E-state index contributed by atoms with van der Waals surface area (Å²) in [6.45, 7) is 2.10. The lowest BCUT2D eigenvalue weighted by molar-refractivity contribution is -0.0187. The quantitative estimate of drug-likeness (QED) is 0.548. The van der Waals surface area contributed by atoms with Crippen molar-refractivity contribution in [3.8, 4) is 5.75 Å². The minimum Gasteiger partial charge on any atom is -0.464 e. The first-order valence-corrected chi connectivity index (χ1v) is 9.92. The Hall–Kier alpha value is -2.30. The third-order valence-electron chi connectivity index (χ3n) is 4.97. The molecule has 5 heteroatoms. The summed E-state index contributed by atoms with van der Waals surface area (Å²) in [6.07, 6.45) is 0.642. The van der Waals surface area contributed by atoms with E-state index < -0.39 is 0 Å². The molecule has 2 aromatic carbocycles. The molecule has 0 radical (unpaired) electrons. The van der Waals surface area contributed by atoms with Gasteiger partial charge in [-0.2, -0.15) is 16.4 Å². The summed E-state index contributed by atoms with van der Waals surface area (Å²) >= 11 is 7.94. The first-order chi connectivity index (χ1) is 12.7. The molecule has 2 aliphatic heterocycles. The van der Waals surface area contributed by atoms with E-state index in [-0.39, 0.29) is 12.3 Å². The molecule has 2 atom stereocenters. The minimum atomic E-state index is -0.206. The highest BCUT2D eigenvalue weighted by Gasteiger charge is 2.41. The van der Waals surface area contributed by atoms with Crippen LogP contribution in [0.25, 0.3) is 0 Å². The third-order valence-corrected chi connectivity index (χ3v) is 5.90. The van der Waals surface area contributed by atoms with Crippen molar-refractivity contribution < 1.29 is 4.74 Å². The zero-order valence-electron chi connectivity index (χ0n) is 14.2. The largest absolute Gasteiger partial charge is 0.464 e. The predicted octanol–water partition coefficient (Wildman–Crippen LogP) is 5.95. The maximum atomic E-state index is 6.32. The lowest BCUT2D eigenvalue weighted by Crippen LogP contribution is -2.33. The van der Waals surface area contributed by atoms with Crippen LogP contribution < -0.4 is 4.74 Å². The fraction of sp³-hybridized carbons (Fsp3) is 0.190. The Balaban J connectivity index is 1.60. The zero-order chi connectivity index (χ0) is 17.7. The SMILES string of the molecule is Cc1ccc(C2=NN3[C@H](C2)c2cc(Cl)ccc2O[C@@H]3c2ccsc2)cc1. The molecule has 0 bridgehead atoms. The summed E-state index contributed by atoms with van der Waals surface area (Å²) in [4.78, 5) is 0. The van der Waals surface area contributed by atoms with Crippen LogP contribution in [0, 0.1) is 6.92 Å². The van der Waals surface area contributed by atoms with Crippen molar-refractivity contribution in [2.24, 2.45) is 5.10 Å². The second-order valence-electron chi connectivity index (χ2n) is 6.72. The summed E-state index contributed by atoms with van der Waals surface area (Å²) in [5.41, 5.74) is 5.75. The number of benzene rings is 2. The van der Waals surface area contributed by atoms with E-state index >= 15 is 0 Å². The van der Waals surface area contributed by atoms with Gasteiger partial charge >= 0.3 is 0 Å². The zero-order valence-corrected chi connectivity index (χ0v) is 15.8. The summed E-state index contributed by atoms with van der Waals surface area (Å²) in [5.74, 6) is 0.896. The van der Waals surface area contributed by atoms with Crippen molar-refractivity contribution in [1.29, 1.82) is 0 Å². The molecule has 0 saturated heterocycles. The molecule has 0 saturated carbocycles. The van der Waals surface area contributed by atoms with E-state index in [0.717, 1.165) is 39.6 Å². The second-order valence-corrected chi connectivity index (χ2v) is 7.94. The van der Waals surface area contributed by atoms with E-state index in [1.54, 1.807) is 11.3 Å². The van der Waals surface area contributed by atoms with Crippen LogP contribution in [0.15, 0.2) is 64.4 Å². The molecule has 0 fully saturated rings. The minimum absolute atomic E-state index is 0.138. The Bertz CT molecular complexity index is 982. The van der Waals surface area contributed by atoms with Gasteiger partial charge in [0.15, 0.2) is 0 Å². The van der Waals surface area contributed by atoms with Gasteiger partial charge in [0.05, 0.1) is 11.8 Å². The summed E-state index contributed by atoms with van der Waals surface area (Å²) in [5, 5.41) is 12.0. The molecule has 5 rings (SSSR count). The summed E-state index contributed by atoms with van der Waals surface area (Å²) in [6, 6.07) is 16.7. The van der Waals surface area contributed by atoms with Gasteiger partial charge in [-0.3, -0.25) is 0 Å². The highest BCUT2D eigenvalue weighted by Crippen LogP contribution is 2.48. The number of hydrazone groups is 1. The van der Waals surface area contributed by atoms with Crippen LogP contribution in [-0.2, 0) is 0 Å². The molecule has 3 heterocycles. The molecule has 3 aromatic rings. The number of nitrogens with zero attached hydrogens (tertiary/aromatic N) is 2. The van der Waals surface area contributed by atoms with Gasteiger partial charge in [0.25, 0.3) is 0 Å². The summed E-state index contributed by atoms with van der Waals surface area (Å²) < 4.78 is 6.32. The molecule has 1 aromatic heterocycles. The number of aryl methyl sites for hydroxylation is 1. The first-order valence-electron chi connectivity index (χ1n) is 8.60. The van der Waals surface area contributed by atoms with E-state index in [0.29, 0.717) is 0 Å². The highest BCUT2D eigenvalue weighted by atomic mass is 35.5. The van der Waals surface area contributed by atoms with Gasteiger partial charge in [0.1, 0.15) is 5.75 Å². The van der Waals surface area contributed by atoms with Gasteiger partial charge in [-0.1, -0.05) is 41.4 Å². The molecule has 26 heavy (non-hydrogen) atoms. The monoisotopic (exact) mass is 380 g/mol. The predicted molar refractivity (Wildman–Crippen MR) is 106 cm³/mol. The van der Waals surface area contributed by atoms with Crippen LogP contribution in [0.1, 0.15) is 40.9 Å². The van der Waals surface area contributed by atoms with Gasteiger partial charge in [-0.15, -0.1) is 0 Å². The van der Waals surface area contributed by atoms with Gasteiger partial charge in [-0.25, -0.2) is 5.01 Å². The number of fused-ring (bicyclic) bond motifs is 3. The van der Waals surface area contributed by atoms with Crippen LogP contribution in [0.3, 0.4) is 0 Å². The van der Waals surface area contributed by atoms with Crippen molar-refractivity contribution >= 4 is 28.6 Å². The lowest BCUT2D eigenvalue weighted by atomic mass is 9.96. The number of rotatable bonds is 2. The Morgan fingerprint density at radius 1 is 1.15 bits per heavy atom. The smallest absolute Gasteiger partial charge is 0.214 e. The molecule has 0 N–H and O–H groups in total. The Morgan fingerprint density at radius 3 is 2.77 bits per heavy atom. The van der Waals surface area contributed by atoms with Gasteiger partial charge in [-0.05, 0) is 47.5 Å². The summed E-state index contributed by atoms with van der Waals surface area (Å²) in [7, 11) is 0. The van der Waals surface area contributed by atoms with Gasteiger partial charge in [0, 0.05) is 22.6 Å². The molecular formula is C21H17ClN2OS. The van der Waals surface area contributed by atoms with Crippen LogP contribution >= 0.6 is 22.9 Å². The van der Waals surface area contributed by atoms with Gasteiger partial charge in [0.2, 0.25) is 6.23 Å². The highest BCUT2D eigenvalue weighted by molar-refractivity contribution is 7.07. The molecule has 130 valence electrons. The maximum Gasteiger partial charge on any atom is 0.214 e. The third kappa shape index (κ3) is 2.61. The Labute approximate surface area is 161 Å². The molecule has 0 amide bonds. The standard InChI is InChI=1S/C21H17ClN2OS/c1-13-2-4-14(5-3-13)18-11-19-17-10-16(22)6-7-20(17)25-21(24(19)23-18)15-8-9-26-12-15/h2-10,12,19,21H,11H2,1H3/t19-,21-/m1/s1. The number of halogens is 1. The van der Waals surface area contributed by atoms with Crippen LogP contribution in [0.5, 0.6) is 5.75 Å². The second kappa shape index (κ2) is 6.15. The molecule has 2 aliphatic rings. The first kappa shape index (κ1) is 15.9. The van der Waals surface area contributed by atoms with Gasteiger partial charge < -0.3 is 4.74 Å². The topological polar surface area (TPSA) is 24.8 Å².